The number of benzene rings is 1. The second kappa shape index (κ2) is 6.31. The maximum Gasteiger partial charge on any atom is 0.0771 e. The van der Waals surface area contributed by atoms with Gasteiger partial charge in [0.1, 0.15) is 0 Å². The lowest BCUT2D eigenvalue weighted by molar-refractivity contribution is 0.0940. The van der Waals surface area contributed by atoms with Gasteiger partial charge in [0.15, 0.2) is 0 Å². The van der Waals surface area contributed by atoms with Crippen LogP contribution in [0.3, 0.4) is 0 Å². The fourth-order valence-corrected chi connectivity index (χ4v) is 2.72. The van der Waals surface area contributed by atoms with Crippen molar-refractivity contribution in [3.05, 3.63) is 47.8 Å². The number of aromatic nitrogens is 2. The third-order valence-corrected chi connectivity index (χ3v) is 4.01. The highest BCUT2D eigenvalue weighted by Crippen LogP contribution is 2.20. The SMILES string of the molecule is Cc1ccc(C(C)Nc2cnn(CC3CCCO3)c2)cc1. The molecule has 1 saturated heterocycles. The molecule has 3 rings (SSSR count). The normalized spacial score (nSPS) is 19.6. The van der Waals surface area contributed by atoms with Crippen LogP contribution >= 0.6 is 0 Å². The minimum absolute atomic E-state index is 0.269. The molecule has 2 atom stereocenters. The van der Waals surface area contributed by atoms with Gasteiger partial charge in [-0.3, -0.25) is 4.68 Å². The first-order valence-corrected chi connectivity index (χ1v) is 7.68. The Morgan fingerprint density at radius 3 is 2.90 bits per heavy atom. The van der Waals surface area contributed by atoms with E-state index in [0.717, 1.165) is 25.3 Å². The monoisotopic (exact) mass is 285 g/mol. The van der Waals surface area contributed by atoms with Gasteiger partial charge in [0.05, 0.1) is 24.5 Å². The molecule has 2 unspecified atom stereocenters. The van der Waals surface area contributed by atoms with Gasteiger partial charge in [-0.05, 0) is 32.3 Å². The number of nitrogens with zero attached hydrogens (tertiary/aromatic N) is 2. The Labute approximate surface area is 126 Å². The van der Waals surface area contributed by atoms with E-state index in [1.54, 1.807) is 0 Å². The molecule has 1 N–H and O–H groups in total. The number of anilines is 1. The van der Waals surface area contributed by atoms with Crippen molar-refractivity contribution in [2.24, 2.45) is 0 Å². The summed E-state index contributed by atoms with van der Waals surface area (Å²) in [6.07, 6.45) is 6.59. The molecule has 1 aliphatic rings. The summed E-state index contributed by atoms with van der Waals surface area (Å²) in [7, 11) is 0. The Morgan fingerprint density at radius 2 is 2.19 bits per heavy atom. The van der Waals surface area contributed by atoms with Crippen LogP contribution in [0, 0.1) is 6.92 Å². The molecule has 0 spiro atoms. The lowest BCUT2D eigenvalue weighted by atomic mass is 10.1. The van der Waals surface area contributed by atoms with Crippen molar-refractivity contribution in [2.75, 3.05) is 11.9 Å². The molecule has 112 valence electrons. The average Bonchev–Trinajstić information content (AvgIpc) is 3.12. The van der Waals surface area contributed by atoms with Gasteiger partial charge in [0.2, 0.25) is 0 Å². The maximum absolute atomic E-state index is 5.65. The molecule has 0 saturated carbocycles. The van der Waals surface area contributed by atoms with Gasteiger partial charge >= 0.3 is 0 Å². The summed E-state index contributed by atoms with van der Waals surface area (Å²) < 4.78 is 7.62. The zero-order valence-electron chi connectivity index (χ0n) is 12.7. The summed E-state index contributed by atoms with van der Waals surface area (Å²) in [6.45, 7) is 6.02. The first kappa shape index (κ1) is 14.1. The third-order valence-electron chi connectivity index (χ3n) is 4.01. The van der Waals surface area contributed by atoms with Crippen LogP contribution in [-0.4, -0.2) is 22.5 Å². The van der Waals surface area contributed by atoms with Gasteiger partial charge in [-0.15, -0.1) is 0 Å². The minimum Gasteiger partial charge on any atom is -0.376 e. The first-order chi connectivity index (χ1) is 10.2. The van der Waals surface area contributed by atoms with Gasteiger partial charge in [-0.25, -0.2) is 0 Å². The molecular weight excluding hydrogens is 262 g/mol. The number of rotatable bonds is 5. The molecule has 0 amide bonds. The van der Waals surface area contributed by atoms with E-state index in [-0.39, 0.29) is 6.04 Å². The van der Waals surface area contributed by atoms with Crippen LogP contribution in [0.1, 0.15) is 36.9 Å². The second-order valence-corrected chi connectivity index (χ2v) is 5.86. The number of hydrogen-bond donors (Lipinski definition) is 1. The Morgan fingerprint density at radius 1 is 1.38 bits per heavy atom. The quantitative estimate of drug-likeness (QED) is 0.913. The number of hydrogen-bond acceptors (Lipinski definition) is 3. The van der Waals surface area contributed by atoms with Crippen molar-refractivity contribution < 1.29 is 4.74 Å². The van der Waals surface area contributed by atoms with Gasteiger partial charge in [-0.2, -0.15) is 5.10 Å². The summed E-state index contributed by atoms with van der Waals surface area (Å²) in [5.74, 6) is 0. The molecular formula is C17H23N3O. The van der Waals surface area contributed by atoms with E-state index in [1.807, 2.05) is 10.9 Å². The van der Waals surface area contributed by atoms with Crippen molar-refractivity contribution in [1.29, 1.82) is 0 Å². The number of nitrogens with one attached hydrogen (secondary N) is 1. The van der Waals surface area contributed by atoms with Crippen molar-refractivity contribution in [3.63, 3.8) is 0 Å². The minimum atomic E-state index is 0.269. The molecule has 4 heteroatoms. The predicted octanol–water partition coefficient (Wildman–Crippen LogP) is 3.54. The van der Waals surface area contributed by atoms with Crippen LogP contribution in [0.5, 0.6) is 0 Å². The van der Waals surface area contributed by atoms with Gasteiger partial charge in [-0.1, -0.05) is 29.8 Å². The van der Waals surface area contributed by atoms with Gasteiger partial charge < -0.3 is 10.1 Å². The summed E-state index contributed by atoms with van der Waals surface area (Å²) in [5.41, 5.74) is 3.63. The second-order valence-electron chi connectivity index (χ2n) is 5.86. The largest absolute Gasteiger partial charge is 0.376 e. The molecule has 4 nitrogen and oxygen atoms in total. The van der Waals surface area contributed by atoms with Gasteiger partial charge in [0.25, 0.3) is 0 Å². The van der Waals surface area contributed by atoms with Crippen molar-refractivity contribution in [3.8, 4) is 0 Å². The van der Waals surface area contributed by atoms with Crippen molar-refractivity contribution in [2.45, 2.75) is 45.4 Å². The lowest BCUT2D eigenvalue weighted by Crippen LogP contribution is -2.15. The highest BCUT2D eigenvalue weighted by Gasteiger charge is 2.16. The van der Waals surface area contributed by atoms with Crippen LogP contribution in [0.15, 0.2) is 36.7 Å². The molecule has 2 heterocycles. The fourth-order valence-electron chi connectivity index (χ4n) is 2.72. The first-order valence-electron chi connectivity index (χ1n) is 7.68. The van der Waals surface area contributed by atoms with E-state index in [2.05, 4.69) is 54.7 Å². The summed E-state index contributed by atoms with van der Waals surface area (Å²) in [4.78, 5) is 0. The highest BCUT2D eigenvalue weighted by atomic mass is 16.5. The van der Waals surface area contributed by atoms with E-state index in [9.17, 15) is 0 Å². The van der Waals surface area contributed by atoms with Crippen LogP contribution in [-0.2, 0) is 11.3 Å². The summed E-state index contributed by atoms with van der Waals surface area (Å²) in [5, 5.41) is 7.91. The Balaban J connectivity index is 1.59. The molecule has 0 bridgehead atoms. The Bertz CT molecular complexity index is 570. The molecule has 1 aromatic heterocycles. The molecule has 0 radical (unpaired) electrons. The summed E-state index contributed by atoms with van der Waals surface area (Å²) >= 11 is 0. The topological polar surface area (TPSA) is 39.1 Å². The van der Waals surface area contributed by atoms with E-state index in [0.29, 0.717) is 6.10 Å². The third kappa shape index (κ3) is 3.64. The maximum atomic E-state index is 5.65. The molecule has 1 fully saturated rings. The zero-order valence-corrected chi connectivity index (χ0v) is 12.7. The van der Waals surface area contributed by atoms with Crippen LogP contribution < -0.4 is 5.32 Å². The average molecular weight is 285 g/mol. The molecule has 1 aromatic carbocycles. The standard InChI is InChI=1S/C17H23N3O/c1-13-5-7-15(8-6-13)14(2)19-16-10-18-20(11-16)12-17-4-3-9-21-17/h5-8,10-11,14,17,19H,3-4,9,12H2,1-2H3. The van der Waals surface area contributed by atoms with Gasteiger partial charge in [0, 0.05) is 18.8 Å². The van der Waals surface area contributed by atoms with Crippen LogP contribution in [0.2, 0.25) is 0 Å². The molecule has 2 aromatic rings. The van der Waals surface area contributed by atoms with Crippen molar-refractivity contribution >= 4 is 5.69 Å². The number of aryl methyl sites for hydroxylation is 1. The van der Waals surface area contributed by atoms with Crippen LogP contribution in [0.25, 0.3) is 0 Å². The lowest BCUT2D eigenvalue weighted by Gasteiger charge is -2.14. The number of ether oxygens (including phenoxy) is 1. The fraction of sp³-hybridized carbons (Fsp3) is 0.471. The Hall–Kier alpha value is -1.81. The van der Waals surface area contributed by atoms with E-state index >= 15 is 0 Å². The molecule has 0 aliphatic carbocycles. The summed E-state index contributed by atoms with van der Waals surface area (Å²) in [6, 6.07) is 8.90. The van der Waals surface area contributed by atoms with Crippen LogP contribution in [0.4, 0.5) is 5.69 Å². The Kier molecular flexibility index (Phi) is 4.25. The van der Waals surface area contributed by atoms with E-state index in [1.165, 1.54) is 17.5 Å². The highest BCUT2D eigenvalue weighted by molar-refractivity contribution is 5.41. The van der Waals surface area contributed by atoms with E-state index in [4.69, 9.17) is 4.74 Å². The molecule has 21 heavy (non-hydrogen) atoms. The smallest absolute Gasteiger partial charge is 0.0771 e. The molecule has 1 aliphatic heterocycles. The van der Waals surface area contributed by atoms with E-state index < -0.39 is 0 Å². The zero-order chi connectivity index (χ0) is 14.7. The van der Waals surface area contributed by atoms with Crippen molar-refractivity contribution in [1.82, 2.24) is 9.78 Å². The predicted molar refractivity (Wildman–Crippen MR) is 84.4 cm³/mol.